The minimum absolute atomic E-state index is 0.00407. The molecule has 1 aromatic rings. The third-order valence-electron chi connectivity index (χ3n) is 3.21. The van der Waals surface area contributed by atoms with E-state index in [1.165, 1.54) is 0 Å². The molecule has 2 heterocycles. The highest BCUT2D eigenvalue weighted by atomic mass is 16.5. The van der Waals surface area contributed by atoms with Crippen LogP contribution in [0.4, 0.5) is 5.69 Å². The van der Waals surface area contributed by atoms with Crippen molar-refractivity contribution < 1.29 is 14.9 Å². The molecule has 19 heavy (non-hydrogen) atoms. The van der Waals surface area contributed by atoms with Gasteiger partial charge >= 0.3 is 0 Å². The molecule has 1 aliphatic rings. The van der Waals surface area contributed by atoms with Crippen LogP contribution in [0.15, 0.2) is 6.20 Å². The van der Waals surface area contributed by atoms with Crippen molar-refractivity contribution in [2.75, 3.05) is 31.2 Å². The first-order valence-electron chi connectivity index (χ1n) is 6.59. The Bertz CT molecular complexity index is 426. The summed E-state index contributed by atoms with van der Waals surface area (Å²) < 4.78 is 5.42. The van der Waals surface area contributed by atoms with Crippen molar-refractivity contribution in [3.8, 4) is 0 Å². The van der Waals surface area contributed by atoms with Gasteiger partial charge in [-0.25, -0.2) is 9.97 Å². The molecular formula is C13H21N3O3. The van der Waals surface area contributed by atoms with Crippen LogP contribution in [0.5, 0.6) is 0 Å². The Balaban J connectivity index is 2.23. The molecule has 0 aliphatic carbocycles. The van der Waals surface area contributed by atoms with Crippen molar-refractivity contribution in [3.63, 3.8) is 0 Å². The second-order valence-electron chi connectivity index (χ2n) is 4.99. The van der Waals surface area contributed by atoms with Crippen molar-refractivity contribution in [1.29, 1.82) is 0 Å². The van der Waals surface area contributed by atoms with Crippen LogP contribution >= 0.6 is 0 Å². The number of morpholine rings is 1. The molecule has 0 radical (unpaired) electrons. The molecule has 0 amide bonds. The molecular weight excluding hydrogens is 246 g/mol. The van der Waals surface area contributed by atoms with E-state index in [4.69, 9.17) is 9.84 Å². The van der Waals surface area contributed by atoms with Crippen LogP contribution in [0.25, 0.3) is 0 Å². The summed E-state index contributed by atoms with van der Waals surface area (Å²) >= 11 is 0. The van der Waals surface area contributed by atoms with Crippen LogP contribution in [-0.4, -0.2) is 52.6 Å². The fraction of sp³-hybridized carbons (Fsp3) is 0.692. The second kappa shape index (κ2) is 6.27. The molecule has 1 aliphatic heterocycles. The summed E-state index contributed by atoms with van der Waals surface area (Å²) in [4.78, 5) is 10.8. The van der Waals surface area contributed by atoms with Crippen molar-refractivity contribution in [2.45, 2.75) is 32.5 Å². The SMILES string of the molecule is CC(C)c1ncc(N2CCOC(CO)C2)c(CO)n1. The van der Waals surface area contributed by atoms with Gasteiger partial charge in [0.25, 0.3) is 0 Å². The number of aliphatic hydroxyl groups excluding tert-OH is 2. The highest BCUT2D eigenvalue weighted by molar-refractivity contribution is 5.49. The van der Waals surface area contributed by atoms with Gasteiger partial charge in [-0.1, -0.05) is 13.8 Å². The van der Waals surface area contributed by atoms with Gasteiger partial charge in [-0.3, -0.25) is 0 Å². The van der Waals surface area contributed by atoms with Crippen LogP contribution < -0.4 is 4.90 Å². The third kappa shape index (κ3) is 3.20. The second-order valence-corrected chi connectivity index (χ2v) is 4.99. The average Bonchev–Trinajstić information content (AvgIpc) is 2.46. The summed E-state index contributed by atoms with van der Waals surface area (Å²) in [5, 5.41) is 18.6. The number of nitrogens with zero attached hydrogens (tertiary/aromatic N) is 3. The quantitative estimate of drug-likeness (QED) is 0.816. The zero-order valence-electron chi connectivity index (χ0n) is 11.4. The van der Waals surface area contributed by atoms with Gasteiger partial charge < -0.3 is 19.8 Å². The van der Waals surface area contributed by atoms with E-state index in [1.54, 1.807) is 6.20 Å². The molecule has 1 aromatic heterocycles. The van der Waals surface area contributed by atoms with Crippen LogP contribution in [-0.2, 0) is 11.3 Å². The summed E-state index contributed by atoms with van der Waals surface area (Å²) in [6.07, 6.45) is 1.57. The number of hydrogen-bond donors (Lipinski definition) is 2. The highest BCUT2D eigenvalue weighted by Gasteiger charge is 2.23. The van der Waals surface area contributed by atoms with Crippen molar-refractivity contribution in [2.24, 2.45) is 0 Å². The third-order valence-corrected chi connectivity index (χ3v) is 3.21. The van der Waals surface area contributed by atoms with Crippen LogP contribution in [0.2, 0.25) is 0 Å². The Kier molecular flexibility index (Phi) is 4.68. The Labute approximate surface area is 113 Å². The van der Waals surface area contributed by atoms with E-state index < -0.39 is 0 Å². The maximum Gasteiger partial charge on any atom is 0.131 e. The van der Waals surface area contributed by atoms with Gasteiger partial charge in [0.05, 0.1) is 43.5 Å². The summed E-state index contributed by atoms with van der Waals surface area (Å²) in [7, 11) is 0. The van der Waals surface area contributed by atoms with Gasteiger partial charge in [0.15, 0.2) is 0 Å². The van der Waals surface area contributed by atoms with E-state index in [1.807, 2.05) is 13.8 Å². The molecule has 1 fully saturated rings. The lowest BCUT2D eigenvalue weighted by molar-refractivity contribution is 0.00343. The molecule has 0 spiro atoms. The first-order chi connectivity index (χ1) is 9.15. The lowest BCUT2D eigenvalue weighted by Gasteiger charge is -2.34. The number of aromatic nitrogens is 2. The van der Waals surface area contributed by atoms with Gasteiger partial charge in [-0.2, -0.15) is 0 Å². The minimum Gasteiger partial charge on any atom is -0.394 e. The summed E-state index contributed by atoms with van der Waals surface area (Å²) in [6, 6.07) is 0. The normalized spacial score (nSPS) is 20.1. The molecule has 0 bridgehead atoms. The molecule has 1 saturated heterocycles. The molecule has 6 nitrogen and oxygen atoms in total. The monoisotopic (exact) mass is 267 g/mol. The maximum absolute atomic E-state index is 9.48. The van der Waals surface area contributed by atoms with Crippen LogP contribution in [0.1, 0.15) is 31.3 Å². The molecule has 1 unspecified atom stereocenters. The lowest BCUT2D eigenvalue weighted by Crippen LogP contribution is -2.44. The Morgan fingerprint density at radius 2 is 2.26 bits per heavy atom. The number of anilines is 1. The molecule has 6 heteroatoms. The molecule has 2 rings (SSSR count). The standard InChI is InChI=1S/C13H21N3O3/c1-9(2)13-14-5-12(11(8-18)15-13)16-3-4-19-10(6-16)7-17/h5,9-10,17-18H,3-4,6-8H2,1-2H3. The summed E-state index contributed by atoms with van der Waals surface area (Å²) in [5.41, 5.74) is 1.46. The fourth-order valence-corrected chi connectivity index (χ4v) is 2.13. The van der Waals surface area contributed by atoms with Gasteiger partial charge in [0.1, 0.15) is 5.82 Å². The smallest absolute Gasteiger partial charge is 0.131 e. The highest BCUT2D eigenvalue weighted by Crippen LogP contribution is 2.22. The van der Waals surface area contributed by atoms with Gasteiger partial charge in [0, 0.05) is 19.0 Å². The largest absolute Gasteiger partial charge is 0.394 e. The molecule has 106 valence electrons. The fourth-order valence-electron chi connectivity index (χ4n) is 2.13. The first-order valence-corrected chi connectivity index (χ1v) is 6.59. The van der Waals surface area contributed by atoms with Gasteiger partial charge in [-0.15, -0.1) is 0 Å². The maximum atomic E-state index is 9.48. The first kappa shape index (κ1) is 14.2. The van der Waals surface area contributed by atoms with E-state index in [0.29, 0.717) is 25.4 Å². The zero-order valence-corrected chi connectivity index (χ0v) is 11.4. The van der Waals surface area contributed by atoms with Crippen LogP contribution in [0, 0.1) is 0 Å². The molecule has 2 N–H and O–H groups in total. The van der Waals surface area contributed by atoms with Gasteiger partial charge in [-0.05, 0) is 0 Å². The number of rotatable bonds is 4. The van der Waals surface area contributed by atoms with Crippen molar-refractivity contribution >= 4 is 5.69 Å². The Hall–Kier alpha value is -1.24. The van der Waals surface area contributed by atoms with Crippen molar-refractivity contribution in [1.82, 2.24) is 9.97 Å². The van der Waals surface area contributed by atoms with E-state index in [0.717, 1.165) is 11.5 Å². The molecule has 1 atom stereocenters. The van der Waals surface area contributed by atoms with E-state index in [9.17, 15) is 5.11 Å². The summed E-state index contributed by atoms with van der Waals surface area (Å²) in [5.74, 6) is 0.967. The molecule has 0 saturated carbocycles. The van der Waals surface area contributed by atoms with E-state index >= 15 is 0 Å². The van der Waals surface area contributed by atoms with Gasteiger partial charge in [0.2, 0.25) is 0 Å². The number of aliphatic hydroxyl groups is 2. The van der Waals surface area contributed by atoms with E-state index in [-0.39, 0.29) is 25.2 Å². The molecule has 0 aromatic carbocycles. The summed E-state index contributed by atoms with van der Waals surface area (Å²) in [6.45, 7) is 5.79. The van der Waals surface area contributed by atoms with Crippen molar-refractivity contribution in [3.05, 3.63) is 17.7 Å². The average molecular weight is 267 g/mol. The minimum atomic E-state index is -0.190. The number of ether oxygens (including phenoxy) is 1. The number of hydrogen-bond acceptors (Lipinski definition) is 6. The van der Waals surface area contributed by atoms with Crippen LogP contribution in [0.3, 0.4) is 0 Å². The lowest BCUT2D eigenvalue weighted by atomic mass is 10.2. The van der Waals surface area contributed by atoms with E-state index in [2.05, 4.69) is 14.9 Å². The predicted molar refractivity (Wildman–Crippen MR) is 71.1 cm³/mol. The topological polar surface area (TPSA) is 78.7 Å². The predicted octanol–water partition coefficient (Wildman–Crippen LogP) is 0.290. The Morgan fingerprint density at radius 1 is 1.47 bits per heavy atom. The Morgan fingerprint density at radius 3 is 2.89 bits per heavy atom. The zero-order chi connectivity index (χ0) is 13.8.